The van der Waals surface area contributed by atoms with Crippen LogP contribution >= 0.6 is 11.3 Å². The molecule has 21 heavy (non-hydrogen) atoms. The molecule has 0 aliphatic carbocycles. The van der Waals surface area contributed by atoms with Gasteiger partial charge in [0.15, 0.2) is 0 Å². The summed E-state index contributed by atoms with van der Waals surface area (Å²) in [7, 11) is 1.92. The molecule has 1 amide bonds. The Morgan fingerprint density at radius 1 is 1.52 bits per heavy atom. The highest BCUT2D eigenvalue weighted by molar-refractivity contribution is 7.09. The van der Waals surface area contributed by atoms with Gasteiger partial charge in [-0.2, -0.15) is 0 Å². The first-order chi connectivity index (χ1) is 10.0. The van der Waals surface area contributed by atoms with E-state index in [0.717, 1.165) is 41.6 Å². The van der Waals surface area contributed by atoms with Crippen LogP contribution in [0.2, 0.25) is 0 Å². The Morgan fingerprint density at radius 3 is 3.00 bits per heavy atom. The smallest absolute Gasteiger partial charge is 0.270 e. The summed E-state index contributed by atoms with van der Waals surface area (Å²) in [6.07, 6.45) is 1.98. The van der Waals surface area contributed by atoms with Crippen molar-refractivity contribution >= 4 is 17.2 Å². The average Bonchev–Trinajstić information content (AvgIpc) is 3.04. The minimum atomic E-state index is 0.101. The summed E-state index contributed by atoms with van der Waals surface area (Å²) < 4.78 is 1.90. The van der Waals surface area contributed by atoms with Crippen LogP contribution in [0.3, 0.4) is 0 Å². The summed E-state index contributed by atoms with van der Waals surface area (Å²) in [6, 6.07) is 2.30. The number of aromatic nitrogens is 2. The van der Waals surface area contributed by atoms with Gasteiger partial charge in [0.05, 0.1) is 10.7 Å². The number of rotatable bonds is 2. The van der Waals surface area contributed by atoms with Gasteiger partial charge in [0.25, 0.3) is 5.91 Å². The molecule has 2 aromatic heterocycles. The summed E-state index contributed by atoms with van der Waals surface area (Å²) in [5, 5.41) is 6.43. The quantitative estimate of drug-likeness (QED) is 0.922. The number of hydrogen-bond acceptors (Lipinski definition) is 4. The lowest BCUT2D eigenvalue weighted by Crippen LogP contribution is -2.51. The number of piperazine rings is 1. The van der Waals surface area contributed by atoms with E-state index in [0.29, 0.717) is 6.04 Å². The Morgan fingerprint density at radius 2 is 2.33 bits per heavy atom. The second-order valence-corrected chi connectivity index (χ2v) is 6.65. The minimum absolute atomic E-state index is 0.101. The molecular weight excluding hydrogens is 284 g/mol. The van der Waals surface area contributed by atoms with Gasteiger partial charge in [0, 0.05) is 49.9 Å². The number of carbonyl (C=O) groups is 1. The molecule has 3 rings (SSSR count). The van der Waals surface area contributed by atoms with E-state index in [1.54, 1.807) is 11.3 Å². The molecule has 0 unspecified atom stereocenters. The van der Waals surface area contributed by atoms with Crippen LogP contribution in [-0.4, -0.2) is 46.0 Å². The van der Waals surface area contributed by atoms with E-state index in [-0.39, 0.29) is 5.91 Å². The van der Waals surface area contributed by atoms with E-state index in [1.807, 2.05) is 41.1 Å². The number of thiazole rings is 1. The molecule has 6 heteroatoms. The third-order valence-electron chi connectivity index (χ3n) is 3.79. The van der Waals surface area contributed by atoms with Gasteiger partial charge in [-0.1, -0.05) is 0 Å². The zero-order valence-corrected chi connectivity index (χ0v) is 13.4. The van der Waals surface area contributed by atoms with Crippen molar-refractivity contribution in [2.45, 2.75) is 19.9 Å². The molecule has 0 spiro atoms. The molecule has 1 aliphatic heterocycles. The van der Waals surface area contributed by atoms with Crippen LogP contribution in [-0.2, 0) is 7.05 Å². The Labute approximate surface area is 128 Å². The van der Waals surface area contributed by atoms with Crippen LogP contribution in [0.1, 0.15) is 22.4 Å². The number of nitrogens with one attached hydrogen (secondary N) is 1. The van der Waals surface area contributed by atoms with Gasteiger partial charge >= 0.3 is 0 Å². The van der Waals surface area contributed by atoms with Crippen molar-refractivity contribution in [1.29, 1.82) is 0 Å². The second-order valence-electron chi connectivity index (χ2n) is 5.58. The maximum absolute atomic E-state index is 12.7. The normalized spacial score (nSPS) is 19.0. The predicted molar refractivity (Wildman–Crippen MR) is 84.6 cm³/mol. The van der Waals surface area contributed by atoms with E-state index in [4.69, 9.17) is 0 Å². The van der Waals surface area contributed by atoms with Gasteiger partial charge in [-0.3, -0.25) is 4.79 Å². The lowest BCUT2D eigenvalue weighted by atomic mass is 10.2. The van der Waals surface area contributed by atoms with Crippen molar-refractivity contribution in [2.75, 3.05) is 19.6 Å². The molecule has 1 atom stereocenters. The molecular formula is C15H20N4OS. The van der Waals surface area contributed by atoms with E-state index in [2.05, 4.69) is 17.2 Å². The van der Waals surface area contributed by atoms with E-state index < -0.39 is 0 Å². The first-order valence-corrected chi connectivity index (χ1v) is 8.04. The molecule has 0 saturated carbocycles. The average molecular weight is 304 g/mol. The second kappa shape index (κ2) is 5.61. The molecule has 2 aromatic rings. The summed E-state index contributed by atoms with van der Waals surface area (Å²) in [5.41, 5.74) is 2.68. The standard InChI is InChI=1S/C15H20N4OS/c1-10-7-19(5-4-16-10)15(20)14-6-12(8-18(14)3)13-9-21-11(2)17-13/h6,8-10,16H,4-5,7H2,1-3H3/t10-/m0/s1. The fraction of sp³-hybridized carbons (Fsp3) is 0.467. The molecule has 5 nitrogen and oxygen atoms in total. The van der Waals surface area contributed by atoms with E-state index in [9.17, 15) is 4.79 Å². The van der Waals surface area contributed by atoms with Crippen molar-refractivity contribution in [3.63, 3.8) is 0 Å². The van der Waals surface area contributed by atoms with Gasteiger partial charge in [-0.05, 0) is 19.9 Å². The zero-order chi connectivity index (χ0) is 15.0. The predicted octanol–water partition coefficient (Wildman–Crippen LogP) is 1.89. The fourth-order valence-electron chi connectivity index (χ4n) is 2.69. The van der Waals surface area contributed by atoms with Crippen LogP contribution in [0.25, 0.3) is 11.3 Å². The van der Waals surface area contributed by atoms with Crippen molar-refractivity contribution in [1.82, 2.24) is 19.8 Å². The molecule has 1 fully saturated rings. The molecule has 0 bridgehead atoms. The lowest BCUT2D eigenvalue weighted by molar-refractivity contribution is 0.0699. The highest BCUT2D eigenvalue weighted by atomic mass is 32.1. The number of hydrogen-bond donors (Lipinski definition) is 1. The fourth-order valence-corrected chi connectivity index (χ4v) is 3.31. The number of amides is 1. The van der Waals surface area contributed by atoms with Crippen molar-refractivity contribution < 1.29 is 4.79 Å². The maximum Gasteiger partial charge on any atom is 0.270 e. The van der Waals surface area contributed by atoms with Crippen LogP contribution in [0.15, 0.2) is 17.6 Å². The third-order valence-corrected chi connectivity index (χ3v) is 4.57. The topological polar surface area (TPSA) is 50.2 Å². The van der Waals surface area contributed by atoms with Crippen LogP contribution in [0.5, 0.6) is 0 Å². The number of nitrogens with zero attached hydrogens (tertiary/aromatic N) is 3. The molecule has 0 aromatic carbocycles. The van der Waals surface area contributed by atoms with Gasteiger partial charge in [-0.15, -0.1) is 11.3 Å². The van der Waals surface area contributed by atoms with Crippen LogP contribution in [0.4, 0.5) is 0 Å². The third kappa shape index (κ3) is 2.87. The maximum atomic E-state index is 12.7. The molecule has 0 radical (unpaired) electrons. The Kier molecular flexibility index (Phi) is 3.82. The summed E-state index contributed by atoms with van der Waals surface area (Å²) in [4.78, 5) is 19.1. The Balaban J connectivity index is 1.85. The molecule has 1 N–H and O–H groups in total. The molecule has 112 valence electrons. The minimum Gasteiger partial charge on any atom is -0.346 e. The van der Waals surface area contributed by atoms with Gasteiger partial charge in [0.2, 0.25) is 0 Å². The Bertz CT molecular complexity index is 660. The molecule has 3 heterocycles. The van der Waals surface area contributed by atoms with Crippen molar-refractivity contribution in [2.24, 2.45) is 7.05 Å². The lowest BCUT2D eigenvalue weighted by Gasteiger charge is -2.31. The van der Waals surface area contributed by atoms with Crippen molar-refractivity contribution in [3.05, 3.63) is 28.3 Å². The SMILES string of the molecule is Cc1nc(-c2cc(C(=O)N3CCN[C@@H](C)C3)n(C)c2)cs1. The van der Waals surface area contributed by atoms with Crippen molar-refractivity contribution in [3.8, 4) is 11.3 Å². The first-order valence-electron chi connectivity index (χ1n) is 7.16. The highest BCUT2D eigenvalue weighted by Gasteiger charge is 2.24. The molecule has 1 aliphatic rings. The zero-order valence-electron chi connectivity index (χ0n) is 12.6. The van der Waals surface area contributed by atoms with Crippen LogP contribution < -0.4 is 5.32 Å². The highest BCUT2D eigenvalue weighted by Crippen LogP contribution is 2.24. The number of carbonyl (C=O) groups excluding carboxylic acids is 1. The number of aryl methyl sites for hydroxylation is 2. The Hall–Kier alpha value is -1.66. The monoisotopic (exact) mass is 304 g/mol. The van der Waals surface area contributed by atoms with E-state index in [1.165, 1.54) is 0 Å². The van der Waals surface area contributed by atoms with Gasteiger partial charge in [-0.25, -0.2) is 4.98 Å². The summed E-state index contributed by atoms with van der Waals surface area (Å²) in [6.45, 7) is 6.48. The first kappa shape index (κ1) is 14.3. The van der Waals surface area contributed by atoms with Gasteiger partial charge < -0.3 is 14.8 Å². The largest absolute Gasteiger partial charge is 0.346 e. The summed E-state index contributed by atoms with van der Waals surface area (Å²) >= 11 is 1.63. The van der Waals surface area contributed by atoms with Crippen LogP contribution in [0, 0.1) is 6.92 Å². The summed E-state index contributed by atoms with van der Waals surface area (Å²) in [5.74, 6) is 0.101. The van der Waals surface area contributed by atoms with Gasteiger partial charge in [0.1, 0.15) is 5.69 Å². The van der Waals surface area contributed by atoms with E-state index >= 15 is 0 Å². The molecule has 1 saturated heterocycles.